The Bertz CT molecular complexity index is 842. The molecule has 0 heterocycles. The van der Waals surface area contributed by atoms with Crippen LogP contribution in [0.15, 0.2) is 60.7 Å². The summed E-state index contributed by atoms with van der Waals surface area (Å²) < 4.78 is 5.70. The minimum atomic E-state index is -0.968. The number of aryl methyl sites for hydroxylation is 2. The van der Waals surface area contributed by atoms with Crippen molar-refractivity contribution in [3.63, 3.8) is 0 Å². The number of benzene rings is 2. The highest BCUT2D eigenvalue weighted by molar-refractivity contribution is 5.96. The Hall–Kier alpha value is -2.88. The van der Waals surface area contributed by atoms with Gasteiger partial charge in [-0.3, -0.25) is 9.59 Å². The third-order valence-corrected chi connectivity index (χ3v) is 4.83. The third kappa shape index (κ3) is 4.85. The minimum Gasteiger partial charge on any atom is -0.447 e. The zero-order chi connectivity index (χ0) is 19.2. The molecule has 0 aliphatic heterocycles. The molecule has 140 valence electrons. The number of hydrogen-bond acceptors (Lipinski definition) is 3. The van der Waals surface area contributed by atoms with Crippen molar-refractivity contribution < 1.29 is 14.3 Å². The number of carbonyl (C=O) groups excluding carboxylic acids is 2. The molecule has 0 saturated heterocycles. The average Bonchev–Trinajstić information content (AvgIpc) is 2.70. The molecule has 1 amide bonds. The largest absolute Gasteiger partial charge is 0.447 e. The highest BCUT2D eigenvalue weighted by Gasteiger charge is 2.29. The lowest BCUT2D eigenvalue weighted by molar-refractivity contribution is -0.159. The average molecular weight is 363 g/mol. The molecular formula is C23H25NO3. The highest BCUT2D eigenvalue weighted by Crippen LogP contribution is 2.26. The molecule has 0 radical (unpaired) electrons. The van der Waals surface area contributed by atoms with Crippen molar-refractivity contribution in [2.45, 2.75) is 39.2 Å². The summed E-state index contributed by atoms with van der Waals surface area (Å²) in [5, 5.41) is 2.93. The van der Waals surface area contributed by atoms with Crippen LogP contribution >= 0.6 is 0 Å². The van der Waals surface area contributed by atoms with Crippen LogP contribution in [0.2, 0.25) is 0 Å². The fourth-order valence-electron chi connectivity index (χ4n) is 3.19. The van der Waals surface area contributed by atoms with Crippen LogP contribution in [0.5, 0.6) is 0 Å². The van der Waals surface area contributed by atoms with E-state index in [0.717, 1.165) is 29.7 Å². The van der Waals surface area contributed by atoms with Crippen LogP contribution in [0, 0.1) is 19.8 Å². The van der Waals surface area contributed by atoms with Crippen LogP contribution in [0.3, 0.4) is 0 Å². The normalized spacial score (nSPS) is 17.2. The molecule has 2 atom stereocenters. The number of rotatable bonds is 5. The molecule has 1 aliphatic carbocycles. The van der Waals surface area contributed by atoms with E-state index in [-0.39, 0.29) is 17.8 Å². The first-order valence-electron chi connectivity index (χ1n) is 9.33. The van der Waals surface area contributed by atoms with Crippen molar-refractivity contribution in [2.75, 3.05) is 5.32 Å². The topological polar surface area (TPSA) is 55.4 Å². The van der Waals surface area contributed by atoms with Crippen molar-refractivity contribution in [3.05, 3.63) is 77.4 Å². The molecule has 2 aromatic carbocycles. The summed E-state index contributed by atoms with van der Waals surface area (Å²) in [6.07, 6.45) is 5.40. The van der Waals surface area contributed by atoms with Crippen molar-refractivity contribution in [2.24, 2.45) is 5.92 Å². The van der Waals surface area contributed by atoms with Crippen LogP contribution in [0.25, 0.3) is 0 Å². The number of anilines is 1. The molecule has 1 aliphatic rings. The van der Waals surface area contributed by atoms with Gasteiger partial charge in [-0.15, -0.1) is 0 Å². The molecular weight excluding hydrogens is 338 g/mol. The molecule has 4 heteroatoms. The van der Waals surface area contributed by atoms with Crippen LogP contribution in [-0.4, -0.2) is 11.9 Å². The molecule has 0 saturated carbocycles. The Morgan fingerprint density at radius 3 is 2.56 bits per heavy atom. The fraction of sp³-hybridized carbons (Fsp3) is 0.304. The van der Waals surface area contributed by atoms with Crippen LogP contribution in [-0.2, 0) is 14.3 Å². The first-order valence-corrected chi connectivity index (χ1v) is 9.33. The minimum absolute atomic E-state index is 0.185. The predicted molar refractivity (Wildman–Crippen MR) is 106 cm³/mol. The summed E-state index contributed by atoms with van der Waals surface area (Å²) in [6, 6.07) is 15.0. The Labute approximate surface area is 160 Å². The van der Waals surface area contributed by atoms with Crippen LogP contribution in [0.4, 0.5) is 5.69 Å². The van der Waals surface area contributed by atoms with Gasteiger partial charge in [0, 0.05) is 11.3 Å². The van der Waals surface area contributed by atoms with Crippen molar-refractivity contribution in [3.8, 4) is 0 Å². The van der Waals surface area contributed by atoms with Gasteiger partial charge in [0.15, 0.2) is 0 Å². The summed E-state index contributed by atoms with van der Waals surface area (Å²) in [7, 11) is 0. The molecule has 27 heavy (non-hydrogen) atoms. The standard InChI is InChI=1S/C23H25NO3/c1-16-13-14-17(2)20(15-16)24-22(25)21(18-9-5-3-6-10-18)27-23(26)19-11-7-4-8-12-19/h3-7,9-10,13-15,19,21H,8,11-12H2,1-2H3,(H,24,25)/t19-,21+/m1/s1. The van der Waals surface area contributed by atoms with Crippen LogP contribution < -0.4 is 5.32 Å². The van der Waals surface area contributed by atoms with Crippen LogP contribution in [0.1, 0.15) is 42.1 Å². The molecule has 0 unspecified atom stereocenters. The summed E-state index contributed by atoms with van der Waals surface area (Å²) in [5.74, 6) is -0.839. The molecule has 2 aromatic rings. The Morgan fingerprint density at radius 2 is 1.85 bits per heavy atom. The lowest BCUT2D eigenvalue weighted by Gasteiger charge is -2.22. The Balaban J connectivity index is 1.81. The molecule has 1 N–H and O–H groups in total. The van der Waals surface area contributed by atoms with E-state index in [2.05, 4.69) is 11.4 Å². The second kappa shape index (κ2) is 8.67. The SMILES string of the molecule is Cc1ccc(C)c(NC(=O)[C@@H](OC(=O)[C@@H]2CC=CCC2)c2ccccc2)c1. The summed E-state index contributed by atoms with van der Waals surface area (Å²) >= 11 is 0. The second-order valence-electron chi connectivity index (χ2n) is 7.02. The molecule has 0 bridgehead atoms. The summed E-state index contributed by atoms with van der Waals surface area (Å²) in [5.41, 5.74) is 3.42. The predicted octanol–water partition coefficient (Wildman–Crippen LogP) is 4.88. The summed E-state index contributed by atoms with van der Waals surface area (Å²) in [6.45, 7) is 3.91. The van der Waals surface area contributed by atoms with Crippen molar-refractivity contribution >= 4 is 17.6 Å². The maximum absolute atomic E-state index is 13.0. The monoisotopic (exact) mass is 363 g/mol. The van der Waals surface area contributed by atoms with Gasteiger partial charge in [-0.25, -0.2) is 0 Å². The van der Waals surface area contributed by atoms with Gasteiger partial charge in [0.2, 0.25) is 6.10 Å². The first-order chi connectivity index (χ1) is 13.0. The lowest BCUT2D eigenvalue weighted by Crippen LogP contribution is -2.29. The number of carbonyl (C=O) groups is 2. The maximum Gasteiger partial charge on any atom is 0.310 e. The third-order valence-electron chi connectivity index (χ3n) is 4.83. The molecule has 0 fully saturated rings. The van der Waals surface area contributed by atoms with Gasteiger partial charge in [0.05, 0.1) is 5.92 Å². The van der Waals surface area contributed by atoms with Gasteiger partial charge >= 0.3 is 5.97 Å². The maximum atomic E-state index is 13.0. The van der Waals surface area contributed by atoms with E-state index < -0.39 is 6.10 Å². The highest BCUT2D eigenvalue weighted by atomic mass is 16.5. The molecule has 3 rings (SSSR count). The molecule has 0 spiro atoms. The van der Waals surface area contributed by atoms with E-state index in [0.29, 0.717) is 12.0 Å². The zero-order valence-electron chi connectivity index (χ0n) is 15.8. The number of allylic oxidation sites excluding steroid dienone is 2. The number of esters is 1. The number of amides is 1. The van der Waals surface area contributed by atoms with E-state index in [4.69, 9.17) is 4.74 Å². The van der Waals surface area contributed by atoms with Gasteiger partial charge in [-0.2, -0.15) is 0 Å². The first kappa shape index (κ1) is 18.9. The van der Waals surface area contributed by atoms with Crippen molar-refractivity contribution in [1.29, 1.82) is 0 Å². The van der Waals surface area contributed by atoms with E-state index in [1.807, 2.05) is 56.3 Å². The van der Waals surface area contributed by atoms with Gasteiger partial charge in [0.25, 0.3) is 5.91 Å². The lowest BCUT2D eigenvalue weighted by atomic mass is 9.94. The molecule has 4 nitrogen and oxygen atoms in total. The van der Waals surface area contributed by atoms with Gasteiger partial charge in [-0.1, -0.05) is 54.6 Å². The quantitative estimate of drug-likeness (QED) is 0.608. The van der Waals surface area contributed by atoms with E-state index >= 15 is 0 Å². The van der Waals surface area contributed by atoms with Gasteiger partial charge in [0.1, 0.15) is 0 Å². The second-order valence-corrected chi connectivity index (χ2v) is 7.02. The summed E-state index contributed by atoms with van der Waals surface area (Å²) in [4.78, 5) is 25.6. The Kier molecular flexibility index (Phi) is 6.07. The van der Waals surface area contributed by atoms with E-state index in [9.17, 15) is 9.59 Å². The molecule has 0 aromatic heterocycles. The number of ether oxygens (including phenoxy) is 1. The smallest absolute Gasteiger partial charge is 0.310 e. The van der Waals surface area contributed by atoms with E-state index in [1.165, 1.54) is 0 Å². The zero-order valence-corrected chi connectivity index (χ0v) is 15.8. The van der Waals surface area contributed by atoms with Gasteiger partial charge < -0.3 is 10.1 Å². The van der Waals surface area contributed by atoms with E-state index in [1.54, 1.807) is 12.1 Å². The Morgan fingerprint density at radius 1 is 1.07 bits per heavy atom. The fourth-order valence-corrected chi connectivity index (χ4v) is 3.19. The van der Waals surface area contributed by atoms with Crippen molar-refractivity contribution in [1.82, 2.24) is 0 Å². The number of hydrogen-bond donors (Lipinski definition) is 1. The van der Waals surface area contributed by atoms with Gasteiger partial charge in [-0.05, 0) is 50.3 Å². The number of nitrogens with one attached hydrogen (secondary N) is 1.